The fraction of sp³-hybridized carbons (Fsp3) is 0.533. The van der Waals surface area contributed by atoms with E-state index in [-0.39, 0.29) is 0 Å². The normalized spacial score (nSPS) is 19.5. The van der Waals surface area contributed by atoms with E-state index in [2.05, 4.69) is 11.8 Å². The van der Waals surface area contributed by atoms with Crippen LogP contribution >= 0.6 is 11.8 Å². The van der Waals surface area contributed by atoms with Crippen LogP contribution in [0.5, 0.6) is 0 Å². The van der Waals surface area contributed by atoms with Crippen LogP contribution in [0.2, 0.25) is 0 Å². The summed E-state index contributed by atoms with van der Waals surface area (Å²) in [6.45, 7) is 5.19. The van der Waals surface area contributed by atoms with Gasteiger partial charge in [0.1, 0.15) is 0 Å². The van der Waals surface area contributed by atoms with Crippen LogP contribution in [0.1, 0.15) is 43.5 Å². The van der Waals surface area contributed by atoms with Crippen LogP contribution in [0.25, 0.3) is 0 Å². The Morgan fingerprint density at radius 1 is 1.47 bits per heavy atom. The lowest BCUT2D eigenvalue weighted by Gasteiger charge is -2.36. The van der Waals surface area contributed by atoms with E-state index < -0.39 is 5.97 Å². The molecule has 1 saturated heterocycles. The molecule has 4 heteroatoms. The lowest BCUT2D eigenvalue weighted by molar-refractivity contribution is 0.0693. The van der Waals surface area contributed by atoms with Gasteiger partial charge < -0.3 is 10.0 Å². The van der Waals surface area contributed by atoms with Crippen molar-refractivity contribution < 1.29 is 9.90 Å². The number of hydrogen-bond donors (Lipinski definition) is 1. The van der Waals surface area contributed by atoms with E-state index in [1.165, 1.54) is 6.42 Å². The Hall–Kier alpha value is -1.16. The van der Waals surface area contributed by atoms with Crippen molar-refractivity contribution in [1.82, 2.24) is 0 Å². The Bertz CT molecular complexity index is 461. The van der Waals surface area contributed by atoms with Crippen molar-refractivity contribution in [2.75, 3.05) is 17.2 Å². The Morgan fingerprint density at radius 3 is 2.89 bits per heavy atom. The van der Waals surface area contributed by atoms with Crippen molar-refractivity contribution in [1.29, 1.82) is 0 Å². The summed E-state index contributed by atoms with van der Waals surface area (Å²) < 4.78 is 0. The number of aromatic carboxylic acids is 1. The standard InChI is InChI=1S/C15H21NO2S/c1-3-19-13-9-6-8-12(14(13)15(17)18)16-10-5-4-7-11(16)2/h6,8-9,11H,3-5,7,10H2,1-2H3,(H,17,18). The van der Waals surface area contributed by atoms with E-state index in [0.717, 1.165) is 35.7 Å². The summed E-state index contributed by atoms with van der Waals surface area (Å²) >= 11 is 1.60. The predicted octanol–water partition coefficient (Wildman–Crippen LogP) is 3.88. The quantitative estimate of drug-likeness (QED) is 0.849. The van der Waals surface area contributed by atoms with Gasteiger partial charge in [-0.2, -0.15) is 0 Å². The van der Waals surface area contributed by atoms with Crippen LogP contribution in [0, 0.1) is 0 Å². The molecule has 1 aromatic carbocycles. The second-order valence-electron chi connectivity index (χ2n) is 4.93. The molecule has 1 atom stereocenters. The van der Waals surface area contributed by atoms with Crippen LogP contribution in [0.3, 0.4) is 0 Å². The van der Waals surface area contributed by atoms with Gasteiger partial charge in [-0.05, 0) is 44.1 Å². The summed E-state index contributed by atoms with van der Waals surface area (Å²) in [6, 6.07) is 6.26. The van der Waals surface area contributed by atoms with Crippen molar-refractivity contribution in [3.63, 3.8) is 0 Å². The summed E-state index contributed by atoms with van der Waals surface area (Å²) in [5.74, 6) is 0.0727. The van der Waals surface area contributed by atoms with Gasteiger partial charge in [0.05, 0.1) is 11.3 Å². The number of anilines is 1. The minimum Gasteiger partial charge on any atom is -0.478 e. The highest BCUT2D eigenvalue weighted by Crippen LogP contribution is 2.34. The number of rotatable bonds is 4. The van der Waals surface area contributed by atoms with E-state index >= 15 is 0 Å². The molecule has 1 unspecified atom stereocenters. The molecule has 104 valence electrons. The molecular formula is C15H21NO2S. The molecule has 0 radical (unpaired) electrons. The molecule has 1 fully saturated rings. The number of carboxylic acid groups (broad SMARTS) is 1. The third kappa shape index (κ3) is 3.06. The molecule has 0 spiro atoms. The van der Waals surface area contributed by atoms with Crippen LogP contribution in [0.15, 0.2) is 23.1 Å². The first kappa shape index (κ1) is 14.3. The fourth-order valence-electron chi connectivity index (χ4n) is 2.71. The van der Waals surface area contributed by atoms with Gasteiger partial charge >= 0.3 is 5.97 Å². The van der Waals surface area contributed by atoms with Gasteiger partial charge in [0.25, 0.3) is 0 Å². The van der Waals surface area contributed by atoms with Gasteiger partial charge in [0.2, 0.25) is 0 Å². The zero-order valence-electron chi connectivity index (χ0n) is 11.6. The van der Waals surface area contributed by atoms with Gasteiger partial charge in [-0.25, -0.2) is 4.79 Å². The van der Waals surface area contributed by atoms with Crippen LogP contribution < -0.4 is 4.90 Å². The molecule has 0 aliphatic carbocycles. The van der Waals surface area contributed by atoms with Gasteiger partial charge in [0, 0.05) is 17.5 Å². The van der Waals surface area contributed by atoms with Crippen molar-refractivity contribution in [3.8, 4) is 0 Å². The van der Waals surface area contributed by atoms with Gasteiger partial charge in [-0.15, -0.1) is 11.8 Å². The summed E-state index contributed by atoms with van der Waals surface area (Å²) in [6.07, 6.45) is 3.53. The molecular weight excluding hydrogens is 258 g/mol. The lowest BCUT2D eigenvalue weighted by atomic mass is 10.0. The number of carbonyl (C=O) groups is 1. The summed E-state index contributed by atoms with van der Waals surface area (Å²) in [5, 5.41) is 9.55. The maximum Gasteiger partial charge on any atom is 0.338 e. The smallest absolute Gasteiger partial charge is 0.338 e. The molecule has 0 amide bonds. The number of hydrogen-bond acceptors (Lipinski definition) is 3. The Labute approximate surface area is 119 Å². The highest BCUT2D eigenvalue weighted by atomic mass is 32.2. The van der Waals surface area contributed by atoms with E-state index in [0.29, 0.717) is 11.6 Å². The number of nitrogens with zero attached hydrogens (tertiary/aromatic N) is 1. The molecule has 19 heavy (non-hydrogen) atoms. The Kier molecular flexibility index (Phi) is 4.75. The van der Waals surface area contributed by atoms with E-state index in [9.17, 15) is 9.90 Å². The molecule has 1 aliphatic heterocycles. The monoisotopic (exact) mass is 279 g/mol. The summed E-state index contributed by atoms with van der Waals surface area (Å²) in [4.78, 5) is 14.8. The molecule has 1 aliphatic rings. The first-order valence-corrected chi connectivity index (χ1v) is 7.89. The first-order chi connectivity index (χ1) is 9.15. The topological polar surface area (TPSA) is 40.5 Å². The van der Waals surface area contributed by atoms with Crippen molar-refractivity contribution in [2.24, 2.45) is 0 Å². The minimum absolute atomic E-state index is 0.425. The predicted molar refractivity (Wildman–Crippen MR) is 80.5 cm³/mol. The number of piperidine rings is 1. The SMILES string of the molecule is CCSc1cccc(N2CCCCC2C)c1C(=O)O. The second-order valence-corrected chi connectivity index (χ2v) is 6.23. The molecule has 0 bridgehead atoms. The van der Waals surface area contributed by atoms with E-state index in [1.807, 2.05) is 25.1 Å². The molecule has 1 aromatic rings. The van der Waals surface area contributed by atoms with Crippen molar-refractivity contribution in [2.45, 2.75) is 44.0 Å². The zero-order valence-corrected chi connectivity index (χ0v) is 12.4. The largest absolute Gasteiger partial charge is 0.478 e. The lowest BCUT2D eigenvalue weighted by Crippen LogP contribution is -2.38. The molecule has 1 N–H and O–H groups in total. The van der Waals surface area contributed by atoms with Crippen LogP contribution in [0.4, 0.5) is 5.69 Å². The maximum atomic E-state index is 11.6. The highest BCUT2D eigenvalue weighted by molar-refractivity contribution is 7.99. The second kappa shape index (κ2) is 6.33. The number of thioether (sulfide) groups is 1. The van der Waals surface area contributed by atoms with E-state index in [4.69, 9.17) is 0 Å². The summed E-state index contributed by atoms with van der Waals surface area (Å²) in [7, 11) is 0. The van der Waals surface area contributed by atoms with E-state index in [1.54, 1.807) is 11.8 Å². The Morgan fingerprint density at radius 2 is 2.26 bits per heavy atom. The van der Waals surface area contributed by atoms with Gasteiger partial charge in [-0.1, -0.05) is 13.0 Å². The van der Waals surface area contributed by atoms with Crippen LogP contribution in [-0.4, -0.2) is 29.4 Å². The zero-order chi connectivity index (χ0) is 13.8. The Balaban J connectivity index is 2.43. The average molecular weight is 279 g/mol. The number of carboxylic acids is 1. The average Bonchev–Trinajstić information content (AvgIpc) is 2.39. The molecule has 3 nitrogen and oxygen atoms in total. The molecule has 0 saturated carbocycles. The number of benzene rings is 1. The van der Waals surface area contributed by atoms with Gasteiger partial charge in [0.15, 0.2) is 0 Å². The molecule has 2 rings (SSSR count). The maximum absolute atomic E-state index is 11.6. The van der Waals surface area contributed by atoms with Crippen molar-refractivity contribution >= 4 is 23.4 Å². The van der Waals surface area contributed by atoms with Crippen LogP contribution in [-0.2, 0) is 0 Å². The minimum atomic E-state index is -0.815. The summed E-state index contributed by atoms with van der Waals surface area (Å²) in [5.41, 5.74) is 1.36. The fourth-order valence-corrected chi connectivity index (χ4v) is 3.53. The highest BCUT2D eigenvalue weighted by Gasteiger charge is 2.24. The van der Waals surface area contributed by atoms with Gasteiger partial charge in [-0.3, -0.25) is 0 Å². The van der Waals surface area contributed by atoms with Crippen molar-refractivity contribution in [3.05, 3.63) is 23.8 Å². The first-order valence-electron chi connectivity index (χ1n) is 6.91. The third-order valence-electron chi connectivity index (χ3n) is 3.63. The molecule has 1 heterocycles. The third-order valence-corrected chi connectivity index (χ3v) is 4.57. The molecule has 0 aromatic heterocycles.